The van der Waals surface area contributed by atoms with Crippen LogP contribution in [0.5, 0.6) is 0 Å². The number of aryl methyl sites for hydroxylation is 1. The Bertz CT molecular complexity index is 306. The van der Waals surface area contributed by atoms with E-state index >= 15 is 0 Å². The topological polar surface area (TPSA) is 29.9 Å². The van der Waals surface area contributed by atoms with E-state index in [0.717, 1.165) is 0 Å². The number of alkyl halides is 3. The number of hydrogen-bond donors (Lipinski definition) is 1. The van der Waals surface area contributed by atoms with Crippen LogP contribution in [0, 0.1) is 0 Å². The van der Waals surface area contributed by atoms with Gasteiger partial charge >= 0.3 is 6.18 Å². The van der Waals surface area contributed by atoms with E-state index in [9.17, 15) is 13.2 Å². The second kappa shape index (κ2) is 4.55. The molecule has 1 unspecified atom stereocenters. The monoisotopic (exact) mass is 221 g/mol. The number of halogens is 3. The molecule has 0 aliphatic rings. The van der Waals surface area contributed by atoms with Gasteiger partial charge in [0, 0.05) is 18.8 Å². The van der Waals surface area contributed by atoms with Crippen molar-refractivity contribution < 1.29 is 13.2 Å². The van der Waals surface area contributed by atoms with E-state index in [1.54, 1.807) is 10.9 Å². The highest BCUT2D eigenvalue weighted by molar-refractivity contribution is 5.39. The summed E-state index contributed by atoms with van der Waals surface area (Å²) >= 11 is 0. The molecule has 1 aromatic rings. The second-order valence-electron chi connectivity index (χ2n) is 3.45. The van der Waals surface area contributed by atoms with E-state index in [1.807, 2.05) is 6.92 Å². The van der Waals surface area contributed by atoms with Gasteiger partial charge in [-0.15, -0.1) is 0 Å². The molecular formula is C9H14F3N3. The fourth-order valence-electron chi connectivity index (χ4n) is 1.29. The summed E-state index contributed by atoms with van der Waals surface area (Å²) in [6.07, 6.45) is -1.76. The third kappa shape index (κ3) is 4.22. The molecule has 0 fully saturated rings. The van der Waals surface area contributed by atoms with Gasteiger partial charge in [-0.05, 0) is 13.8 Å². The molecule has 86 valence electrons. The minimum absolute atomic E-state index is 0.619. The summed E-state index contributed by atoms with van der Waals surface area (Å²) in [5.74, 6) is 0. The molecule has 0 saturated heterocycles. The van der Waals surface area contributed by atoms with Crippen molar-refractivity contribution in [3.05, 3.63) is 12.4 Å². The Balaban J connectivity index is 2.47. The largest absolute Gasteiger partial charge is 0.391 e. The van der Waals surface area contributed by atoms with Gasteiger partial charge in [0.2, 0.25) is 0 Å². The van der Waals surface area contributed by atoms with Crippen LogP contribution in [-0.4, -0.2) is 22.0 Å². The highest BCUT2D eigenvalue weighted by Crippen LogP contribution is 2.23. The summed E-state index contributed by atoms with van der Waals surface area (Å²) < 4.78 is 37.7. The van der Waals surface area contributed by atoms with Gasteiger partial charge in [0.15, 0.2) is 0 Å². The van der Waals surface area contributed by atoms with Crippen molar-refractivity contribution in [2.24, 2.45) is 0 Å². The zero-order valence-corrected chi connectivity index (χ0v) is 8.67. The quantitative estimate of drug-likeness (QED) is 0.847. The number of aromatic nitrogens is 2. The number of rotatable bonds is 4. The summed E-state index contributed by atoms with van der Waals surface area (Å²) in [6.45, 7) is 4.11. The van der Waals surface area contributed by atoms with Gasteiger partial charge < -0.3 is 5.32 Å². The predicted octanol–water partition coefficient (Wildman–Crippen LogP) is 2.66. The van der Waals surface area contributed by atoms with Crippen molar-refractivity contribution in [2.45, 2.75) is 39.0 Å². The van der Waals surface area contributed by atoms with Crippen molar-refractivity contribution in [1.29, 1.82) is 0 Å². The van der Waals surface area contributed by atoms with Crippen LogP contribution in [0.1, 0.15) is 20.3 Å². The van der Waals surface area contributed by atoms with Crippen LogP contribution in [0.25, 0.3) is 0 Å². The van der Waals surface area contributed by atoms with E-state index in [-0.39, 0.29) is 0 Å². The molecule has 0 radical (unpaired) electrons. The summed E-state index contributed by atoms with van der Waals surface area (Å²) in [6, 6.07) is -0.639. The van der Waals surface area contributed by atoms with Gasteiger partial charge in [-0.3, -0.25) is 4.68 Å². The second-order valence-corrected chi connectivity index (χ2v) is 3.45. The smallest absolute Gasteiger partial charge is 0.380 e. The molecule has 0 aliphatic carbocycles. The van der Waals surface area contributed by atoms with Gasteiger partial charge in [0.25, 0.3) is 0 Å². The summed E-state index contributed by atoms with van der Waals surface area (Å²) in [7, 11) is 0. The highest BCUT2D eigenvalue weighted by Gasteiger charge is 2.29. The van der Waals surface area contributed by atoms with Gasteiger partial charge in [-0.25, -0.2) is 0 Å². The van der Waals surface area contributed by atoms with Crippen LogP contribution in [0.15, 0.2) is 12.4 Å². The first-order valence-electron chi connectivity index (χ1n) is 4.76. The van der Waals surface area contributed by atoms with E-state index < -0.39 is 18.6 Å². The predicted molar refractivity (Wildman–Crippen MR) is 51.7 cm³/mol. The van der Waals surface area contributed by atoms with Crippen molar-refractivity contribution >= 4 is 5.69 Å². The maximum Gasteiger partial charge on any atom is 0.391 e. The summed E-state index contributed by atoms with van der Waals surface area (Å²) in [5.41, 5.74) is 0.619. The van der Waals surface area contributed by atoms with E-state index in [1.165, 1.54) is 13.1 Å². The molecule has 0 aliphatic heterocycles. The lowest BCUT2D eigenvalue weighted by Gasteiger charge is -2.15. The van der Waals surface area contributed by atoms with E-state index in [4.69, 9.17) is 0 Å². The SMILES string of the molecule is CCn1cc(NC(C)CC(F)(F)F)cn1. The fraction of sp³-hybridized carbons (Fsp3) is 0.667. The molecular weight excluding hydrogens is 207 g/mol. The first kappa shape index (κ1) is 11.9. The average Bonchev–Trinajstić information content (AvgIpc) is 2.48. The molecule has 0 spiro atoms. The van der Waals surface area contributed by atoms with Crippen LogP contribution in [0.3, 0.4) is 0 Å². The Morgan fingerprint density at radius 2 is 2.20 bits per heavy atom. The molecule has 0 bridgehead atoms. The molecule has 6 heteroatoms. The lowest BCUT2D eigenvalue weighted by molar-refractivity contribution is -0.136. The van der Waals surface area contributed by atoms with Crippen molar-refractivity contribution in [3.63, 3.8) is 0 Å². The molecule has 0 saturated carbocycles. The Morgan fingerprint density at radius 3 is 2.67 bits per heavy atom. The van der Waals surface area contributed by atoms with Crippen molar-refractivity contribution in [2.75, 3.05) is 5.32 Å². The molecule has 1 atom stereocenters. The van der Waals surface area contributed by atoms with Crippen LogP contribution >= 0.6 is 0 Å². The number of nitrogens with one attached hydrogen (secondary N) is 1. The first-order chi connectivity index (χ1) is 6.90. The van der Waals surface area contributed by atoms with Gasteiger partial charge in [-0.2, -0.15) is 18.3 Å². The highest BCUT2D eigenvalue weighted by atomic mass is 19.4. The number of hydrogen-bond acceptors (Lipinski definition) is 2. The lowest BCUT2D eigenvalue weighted by Crippen LogP contribution is -2.23. The third-order valence-corrected chi connectivity index (χ3v) is 1.91. The zero-order chi connectivity index (χ0) is 11.5. The third-order valence-electron chi connectivity index (χ3n) is 1.91. The molecule has 3 nitrogen and oxygen atoms in total. The van der Waals surface area contributed by atoms with Crippen molar-refractivity contribution in [1.82, 2.24) is 9.78 Å². The average molecular weight is 221 g/mol. The van der Waals surface area contributed by atoms with Gasteiger partial charge in [-0.1, -0.05) is 0 Å². The van der Waals surface area contributed by atoms with Crippen LogP contribution in [0.4, 0.5) is 18.9 Å². The molecule has 15 heavy (non-hydrogen) atoms. The molecule has 1 rings (SSSR count). The number of nitrogens with zero attached hydrogens (tertiary/aromatic N) is 2. The Hall–Kier alpha value is -1.20. The van der Waals surface area contributed by atoms with E-state index in [2.05, 4.69) is 10.4 Å². The Morgan fingerprint density at radius 1 is 1.53 bits per heavy atom. The van der Waals surface area contributed by atoms with Gasteiger partial charge in [0.05, 0.1) is 18.3 Å². The fourth-order valence-corrected chi connectivity index (χ4v) is 1.29. The maximum atomic E-state index is 12.0. The maximum absolute atomic E-state index is 12.0. The van der Waals surface area contributed by atoms with Gasteiger partial charge in [0.1, 0.15) is 0 Å². The van der Waals surface area contributed by atoms with E-state index in [0.29, 0.717) is 12.2 Å². The normalized spacial score (nSPS) is 13.9. The van der Waals surface area contributed by atoms with Crippen LogP contribution in [0.2, 0.25) is 0 Å². The standard InChI is InChI=1S/C9H14F3N3/c1-3-15-6-8(5-13-15)14-7(2)4-9(10,11)12/h5-7,14H,3-4H2,1-2H3. The van der Waals surface area contributed by atoms with Crippen LogP contribution in [-0.2, 0) is 6.54 Å². The number of anilines is 1. The first-order valence-corrected chi connectivity index (χ1v) is 4.76. The summed E-state index contributed by atoms with van der Waals surface area (Å²) in [5, 5.41) is 6.71. The Kier molecular flexibility index (Phi) is 3.60. The summed E-state index contributed by atoms with van der Waals surface area (Å²) in [4.78, 5) is 0. The van der Waals surface area contributed by atoms with Crippen molar-refractivity contribution in [3.8, 4) is 0 Å². The lowest BCUT2D eigenvalue weighted by atomic mass is 10.2. The molecule has 1 aromatic heterocycles. The minimum Gasteiger partial charge on any atom is -0.380 e. The molecule has 1 N–H and O–H groups in total. The molecule has 0 amide bonds. The minimum atomic E-state index is -4.13. The molecule has 0 aromatic carbocycles. The zero-order valence-electron chi connectivity index (χ0n) is 8.67. The van der Waals surface area contributed by atoms with Crippen LogP contribution < -0.4 is 5.32 Å². The Labute approximate surface area is 86.3 Å². The molecule has 1 heterocycles.